The fourth-order valence-electron chi connectivity index (χ4n) is 2.95. The summed E-state index contributed by atoms with van der Waals surface area (Å²) in [5, 5.41) is 6.80. The SMILES string of the molecule is CCNC(=NCc1ccccc1-n1ccnc1)NCC(C)c1ccccc1.I. The zero-order valence-electron chi connectivity index (χ0n) is 16.4. The van der Waals surface area contributed by atoms with E-state index in [-0.39, 0.29) is 24.0 Å². The molecule has 0 saturated heterocycles. The highest BCUT2D eigenvalue weighted by Crippen LogP contribution is 2.15. The second-order valence-electron chi connectivity index (χ2n) is 6.49. The topological polar surface area (TPSA) is 54.2 Å². The number of aliphatic imine (C=N–C) groups is 1. The highest BCUT2D eigenvalue weighted by atomic mass is 127. The van der Waals surface area contributed by atoms with Crippen molar-refractivity contribution in [3.8, 4) is 5.69 Å². The molecule has 0 saturated carbocycles. The van der Waals surface area contributed by atoms with E-state index in [1.165, 1.54) is 5.56 Å². The summed E-state index contributed by atoms with van der Waals surface area (Å²) in [6.45, 7) is 6.56. The van der Waals surface area contributed by atoms with Crippen LogP contribution in [-0.4, -0.2) is 28.6 Å². The van der Waals surface area contributed by atoms with Crippen LogP contribution in [0.25, 0.3) is 5.69 Å². The van der Waals surface area contributed by atoms with E-state index in [0.29, 0.717) is 12.5 Å². The molecule has 1 heterocycles. The van der Waals surface area contributed by atoms with Crippen molar-refractivity contribution in [2.24, 2.45) is 4.99 Å². The summed E-state index contributed by atoms with van der Waals surface area (Å²) in [5.74, 6) is 1.24. The maximum Gasteiger partial charge on any atom is 0.191 e. The summed E-state index contributed by atoms with van der Waals surface area (Å²) in [6.07, 6.45) is 5.55. The van der Waals surface area contributed by atoms with E-state index in [9.17, 15) is 0 Å². The van der Waals surface area contributed by atoms with Gasteiger partial charge >= 0.3 is 0 Å². The highest BCUT2D eigenvalue weighted by Gasteiger charge is 2.07. The van der Waals surface area contributed by atoms with E-state index in [1.807, 2.05) is 35.3 Å². The van der Waals surface area contributed by atoms with Gasteiger partial charge < -0.3 is 15.2 Å². The Kier molecular flexibility index (Phi) is 9.00. The summed E-state index contributed by atoms with van der Waals surface area (Å²) in [4.78, 5) is 8.92. The Morgan fingerprint density at radius 3 is 2.54 bits per heavy atom. The summed E-state index contributed by atoms with van der Waals surface area (Å²) >= 11 is 0. The molecular formula is C22H28IN5. The largest absolute Gasteiger partial charge is 0.357 e. The quantitative estimate of drug-likeness (QED) is 0.295. The Labute approximate surface area is 184 Å². The van der Waals surface area contributed by atoms with Crippen molar-refractivity contribution in [3.05, 3.63) is 84.4 Å². The minimum absolute atomic E-state index is 0. The van der Waals surface area contributed by atoms with Gasteiger partial charge in [0.1, 0.15) is 0 Å². The Morgan fingerprint density at radius 2 is 1.82 bits per heavy atom. The lowest BCUT2D eigenvalue weighted by molar-refractivity contribution is 0.699. The third-order valence-corrected chi connectivity index (χ3v) is 4.47. The lowest BCUT2D eigenvalue weighted by Gasteiger charge is -2.16. The van der Waals surface area contributed by atoms with Gasteiger partial charge in [0.05, 0.1) is 18.6 Å². The molecule has 148 valence electrons. The average Bonchev–Trinajstić information content (AvgIpc) is 3.25. The molecule has 0 radical (unpaired) electrons. The number of imidazole rings is 1. The predicted molar refractivity (Wildman–Crippen MR) is 127 cm³/mol. The standard InChI is InChI=1S/C22H27N5.HI/c1-3-24-22(25-15-18(2)19-9-5-4-6-10-19)26-16-20-11-7-8-12-21(20)27-14-13-23-17-27;/h4-14,17-18H,3,15-16H2,1-2H3,(H2,24,25,26);1H. The summed E-state index contributed by atoms with van der Waals surface area (Å²) < 4.78 is 2.02. The fourth-order valence-corrected chi connectivity index (χ4v) is 2.95. The molecule has 2 N–H and O–H groups in total. The molecule has 0 aliphatic rings. The molecule has 0 fully saturated rings. The highest BCUT2D eigenvalue weighted by molar-refractivity contribution is 14.0. The molecule has 3 rings (SSSR count). The van der Waals surface area contributed by atoms with Crippen LogP contribution < -0.4 is 10.6 Å². The average molecular weight is 489 g/mol. The number of guanidine groups is 1. The van der Waals surface area contributed by atoms with Gasteiger partial charge in [0.15, 0.2) is 5.96 Å². The van der Waals surface area contributed by atoms with Crippen LogP contribution in [0.3, 0.4) is 0 Å². The van der Waals surface area contributed by atoms with Crippen molar-refractivity contribution in [1.82, 2.24) is 20.2 Å². The van der Waals surface area contributed by atoms with Crippen LogP contribution in [0, 0.1) is 0 Å². The maximum atomic E-state index is 4.78. The Balaban J connectivity index is 0.00000280. The molecule has 6 heteroatoms. The van der Waals surface area contributed by atoms with Crippen LogP contribution in [-0.2, 0) is 6.54 Å². The second-order valence-corrected chi connectivity index (χ2v) is 6.49. The summed E-state index contributed by atoms with van der Waals surface area (Å²) in [5.41, 5.74) is 3.59. The number of hydrogen-bond acceptors (Lipinski definition) is 2. The van der Waals surface area contributed by atoms with Gasteiger partial charge in [-0.25, -0.2) is 9.98 Å². The summed E-state index contributed by atoms with van der Waals surface area (Å²) in [7, 11) is 0. The molecule has 2 aromatic carbocycles. The first-order valence-corrected chi connectivity index (χ1v) is 9.41. The number of nitrogens with one attached hydrogen (secondary N) is 2. The molecule has 0 bridgehead atoms. The minimum atomic E-state index is 0. The summed E-state index contributed by atoms with van der Waals surface area (Å²) in [6, 6.07) is 18.8. The van der Waals surface area contributed by atoms with Crippen LogP contribution >= 0.6 is 24.0 Å². The predicted octanol–water partition coefficient (Wildman–Crippen LogP) is 4.35. The van der Waals surface area contributed by atoms with Crippen molar-refractivity contribution in [2.75, 3.05) is 13.1 Å². The van der Waals surface area contributed by atoms with Gasteiger partial charge in [-0.1, -0.05) is 55.5 Å². The van der Waals surface area contributed by atoms with Gasteiger partial charge in [-0.15, -0.1) is 24.0 Å². The molecule has 0 spiro atoms. The minimum Gasteiger partial charge on any atom is -0.357 e. The molecule has 1 atom stereocenters. The van der Waals surface area contributed by atoms with Crippen molar-refractivity contribution in [3.63, 3.8) is 0 Å². The monoisotopic (exact) mass is 489 g/mol. The number of para-hydroxylation sites is 1. The Hall–Kier alpha value is -2.35. The number of rotatable bonds is 7. The number of benzene rings is 2. The maximum absolute atomic E-state index is 4.78. The molecule has 0 amide bonds. The number of hydrogen-bond donors (Lipinski definition) is 2. The van der Waals surface area contributed by atoms with Crippen LogP contribution in [0.1, 0.15) is 30.9 Å². The van der Waals surface area contributed by atoms with E-state index in [1.54, 1.807) is 6.20 Å². The Bertz CT molecular complexity index is 846. The van der Waals surface area contributed by atoms with E-state index < -0.39 is 0 Å². The second kappa shape index (κ2) is 11.5. The zero-order chi connectivity index (χ0) is 18.9. The smallest absolute Gasteiger partial charge is 0.191 e. The third-order valence-electron chi connectivity index (χ3n) is 4.47. The van der Waals surface area contributed by atoms with Crippen molar-refractivity contribution >= 4 is 29.9 Å². The third kappa shape index (κ3) is 6.09. The molecule has 3 aromatic rings. The first kappa shape index (κ1) is 21.9. The van der Waals surface area contributed by atoms with E-state index in [4.69, 9.17) is 4.99 Å². The van der Waals surface area contributed by atoms with Crippen molar-refractivity contribution in [2.45, 2.75) is 26.3 Å². The zero-order valence-corrected chi connectivity index (χ0v) is 18.7. The van der Waals surface area contributed by atoms with Crippen LogP contribution in [0.15, 0.2) is 78.3 Å². The van der Waals surface area contributed by atoms with Gasteiger partial charge in [-0.3, -0.25) is 0 Å². The van der Waals surface area contributed by atoms with Gasteiger partial charge in [-0.05, 0) is 30.0 Å². The first-order valence-electron chi connectivity index (χ1n) is 9.41. The molecule has 5 nitrogen and oxygen atoms in total. The van der Waals surface area contributed by atoms with Gasteiger partial charge in [0, 0.05) is 25.5 Å². The Morgan fingerprint density at radius 1 is 1.07 bits per heavy atom. The molecule has 0 aliphatic carbocycles. The fraction of sp³-hybridized carbons (Fsp3) is 0.273. The molecule has 1 aromatic heterocycles. The number of halogens is 1. The van der Waals surface area contributed by atoms with Crippen molar-refractivity contribution in [1.29, 1.82) is 0 Å². The van der Waals surface area contributed by atoms with E-state index in [0.717, 1.165) is 30.3 Å². The van der Waals surface area contributed by atoms with Crippen LogP contribution in [0.5, 0.6) is 0 Å². The van der Waals surface area contributed by atoms with Crippen molar-refractivity contribution < 1.29 is 0 Å². The first-order chi connectivity index (χ1) is 13.3. The van der Waals surface area contributed by atoms with Crippen LogP contribution in [0.4, 0.5) is 0 Å². The van der Waals surface area contributed by atoms with Gasteiger partial charge in [0.25, 0.3) is 0 Å². The van der Waals surface area contributed by atoms with E-state index in [2.05, 4.69) is 65.9 Å². The normalized spacial score (nSPS) is 12.1. The van der Waals surface area contributed by atoms with Gasteiger partial charge in [-0.2, -0.15) is 0 Å². The van der Waals surface area contributed by atoms with E-state index >= 15 is 0 Å². The van der Waals surface area contributed by atoms with Gasteiger partial charge in [0.2, 0.25) is 0 Å². The van der Waals surface area contributed by atoms with Crippen LogP contribution in [0.2, 0.25) is 0 Å². The molecular weight excluding hydrogens is 461 g/mol. The number of nitrogens with zero attached hydrogens (tertiary/aromatic N) is 3. The molecule has 0 aliphatic heterocycles. The molecule has 1 unspecified atom stereocenters. The number of aromatic nitrogens is 2. The molecule has 28 heavy (non-hydrogen) atoms. The lowest BCUT2D eigenvalue weighted by atomic mass is 10.0. The lowest BCUT2D eigenvalue weighted by Crippen LogP contribution is -2.39.